The molecule has 1 saturated heterocycles. The molecule has 1 atom stereocenters. The van der Waals surface area contributed by atoms with Crippen molar-refractivity contribution < 1.29 is 4.74 Å². The first-order chi connectivity index (χ1) is 11.7. The zero-order valence-corrected chi connectivity index (χ0v) is 13.7. The van der Waals surface area contributed by atoms with Crippen LogP contribution in [0.15, 0.2) is 24.8 Å². The van der Waals surface area contributed by atoms with Crippen LogP contribution in [0.2, 0.25) is 0 Å². The lowest BCUT2D eigenvalue weighted by molar-refractivity contribution is 0.111. The number of methoxy groups -OCH3 is 1. The van der Waals surface area contributed by atoms with Crippen LogP contribution in [-0.2, 0) is 4.74 Å². The maximum Gasteiger partial charge on any atom is 0.166 e. The van der Waals surface area contributed by atoms with Gasteiger partial charge in [0.05, 0.1) is 11.3 Å². The number of fused-ring (bicyclic) bond motifs is 1. The van der Waals surface area contributed by atoms with E-state index in [0.29, 0.717) is 17.2 Å². The monoisotopic (exact) mass is 325 g/mol. The summed E-state index contributed by atoms with van der Waals surface area (Å²) in [5, 5.41) is 4.34. The van der Waals surface area contributed by atoms with Crippen LogP contribution in [0.4, 0.5) is 11.6 Å². The van der Waals surface area contributed by atoms with Crippen molar-refractivity contribution in [3.05, 3.63) is 30.4 Å². The van der Waals surface area contributed by atoms with Crippen molar-refractivity contribution in [2.45, 2.75) is 26.0 Å². The minimum atomic E-state index is 0.0507. The van der Waals surface area contributed by atoms with Crippen LogP contribution in [0, 0.1) is 6.92 Å². The fraction of sp³-hybridized carbons (Fsp3) is 0.375. The number of aromatic nitrogens is 5. The molecule has 0 aliphatic carbocycles. The molecule has 3 aromatic rings. The van der Waals surface area contributed by atoms with E-state index in [2.05, 4.69) is 25.0 Å². The van der Waals surface area contributed by atoms with Gasteiger partial charge in [-0.15, -0.1) is 5.10 Å². The Balaban J connectivity index is 1.80. The van der Waals surface area contributed by atoms with Gasteiger partial charge in [0, 0.05) is 32.1 Å². The lowest BCUT2D eigenvalue weighted by atomic mass is 10.2. The molecule has 4 heterocycles. The molecule has 0 saturated carbocycles. The predicted molar refractivity (Wildman–Crippen MR) is 90.5 cm³/mol. The van der Waals surface area contributed by atoms with E-state index in [1.165, 1.54) is 0 Å². The Morgan fingerprint density at radius 1 is 1.29 bits per heavy atom. The normalized spacial score (nSPS) is 17.8. The highest BCUT2D eigenvalue weighted by Gasteiger charge is 2.26. The average molecular weight is 325 g/mol. The number of nitrogens with two attached hydrogens (primary N) is 1. The quantitative estimate of drug-likeness (QED) is 0.782. The summed E-state index contributed by atoms with van der Waals surface area (Å²) < 4.78 is 7.22. The van der Waals surface area contributed by atoms with E-state index in [4.69, 9.17) is 10.5 Å². The lowest BCUT2D eigenvalue weighted by Crippen LogP contribution is -2.31. The summed E-state index contributed by atoms with van der Waals surface area (Å²) in [4.78, 5) is 15.4. The van der Waals surface area contributed by atoms with Gasteiger partial charge < -0.3 is 15.4 Å². The molecular formula is C16H19N7O. The highest BCUT2D eigenvalue weighted by molar-refractivity contribution is 5.85. The van der Waals surface area contributed by atoms with Crippen LogP contribution in [0.25, 0.3) is 16.9 Å². The van der Waals surface area contributed by atoms with E-state index in [1.807, 2.05) is 19.2 Å². The minimum Gasteiger partial charge on any atom is -0.382 e. The molecule has 1 aliphatic rings. The summed E-state index contributed by atoms with van der Waals surface area (Å²) in [6.07, 6.45) is 7.37. The topological polar surface area (TPSA) is 94.5 Å². The Bertz CT molecular complexity index is 891. The lowest BCUT2D eigenvalue weighted by Gasteiger charge is -2.24. The number of rotatable bonds is 3. The Labute approximate surface area is 139 Å². The number of nitrogen functional groups attached to an aromatic ring is 1. The second kappa shape index (κ2) is 5.72. The summed E-state index contributed by atoms with van der Waals surface area (Å²) >= 11 is 0. The maximum atomic E-state index is 6.12. The van der Waals surface area contributed by atoms with Gasteiger partial charge in [0.2, 0.25) is 0 Å². The van der Waals surface area contributed by atoms with Gasteiger partial charge in [-0.05, 0) is 25.3 Å². The van der Waals surface area contributed by atoms with Gasteiger partial charge >= 0.3 is 0 Å². The molecule has 8 nitrogen and oxygen atoms in total. The summed E-state index contributed by atoms with van der Waals surface area (Å²) in [6, 6.07) is 1.92. The number of hydrogen-bond acceptors (Lipinski definition) is 7. The van der Waals surface area contributed by atoms with Crippen molar-refractivity contribution in [3.63, 3.8) is 0 Å². The van der Waals surface area contributed by atoms with Crippen molar-refractivity contribution in [1.82, 2.24) is 24.6 Å². The molecule has 0 aromatic carbocycles. The maximum absolute atomic E-state index is 6.12. The van der Waals surface area contributed by atoms with Gasteiger partial charge in [0.1, 0.15) is 18.4 Å². The second-order valence-corrected chi connectivity index (χ2v) is 5.95. The molecule has 4 rings (SSSR count). The fourth-order valence-electron chi connectivity index (χ4n) is 3.18. The van der Waals surface area contributed by atoms with Gasteiger partial charge in [-0.1, -0.05) is 0 Å². The predicted octanol–water partition coefficient (Wildman–Crippen LogP) is 1.65. The number of aryl methyl sites for hydroxylation is 1. The fourth-order valence-corrected chi connectivity index (χ4v) is 3.18. The van der Waals surface area contributed by atoms with Gasteiger partial charge in [-0.3, -0.25) is 0 Å². The molecule has 124 valence electrons. The number of nitrogens with zero attached hydrogens (tertiary/aromatic N) is 6. The largest absolute Gasteiger partial charge is 0.382 e. The highest BCUT2D eigenvalue weighted by atomic mass is 16.5. The van der Waals surface area contributed by atoms with Gasteiger partial charge in [-0.2, -0.15) is 0 Å². The molecular weight excluding hydrogens is 306 g/mol. The Morgan fingerprint density at radius 3 is 3.00 bits per heavy atom. The average Bonchev–Trinajstić information content (AvgIpc) is 3.17. The van der Waals surface area contributed by atoms with Crippen LogP contribution in [-0.4, -0.2) is 44.4 Å². The third-order valence-electron chi connectivity index (χ3n) is 4.30. The Morgan fingerprint density at radius 2 is 2.17 bits per heavy atom. The molecule has 1 fully saturated rings. The van der Waals surface area contributed by atoms with E-state index in [0.717, 1.165) is 36.3 Å². The smallest absolute Gasteiger partial charge is 0.166 e. The van der Waals surface area contributed by atoms with Crippen molar-refractivity contribution in [2.24, 2.45) is 0 Å². The van der Waals surface area contributed by atoms with Crippen LogP contribution < -0.4 is 10.6 Å². The third-order valence-corrected chi connectivity index (χ3v) is 4.30. The van der Waals surface area contributed by atoms with Crippen LogP contribution in [0.3, 0.4) is 0 Å². The first-order valence-electron chi connectivity index (χ1n) is 7.89. The molecule has 3 aromatic heterocycles. The van der Waals surface area contributed by atoms with Crippen LogP contribution in [0.5, 0.6) is 0 Å². The first-order valence-corrected chi connectivity index (χ1v) is 7.89. The van der Waals surface area contributed by atoms with E-state index in [-0.39, 0.29) is 6.23 Å². The highest BCUT2D eigenvalue weighted by Crippen LogP contribution is 2.31. The summed E-state index contributed by atoms with van der Waals surface area (Å²) in [7, 11) is 1.72. The van der Waals surface area contributed by atoms with Crippen LogP contribution in [0.1, 0.15) is 18.4 Å². The van der Waals surface area contributed by atoms with Crippen molar-refractivity contribution in [3.8, 4) is 11.3 Å². The second-order valence-electron chi connectivity index (χ2n) is 5.95. The number of anilines is 2. The first kappa shape index (κ1) is 14.8. The SMILES string of the molecule is COC1CCCN1c1cc(-c2c(N)nn3cc(C)cnc23)ncn1. The van der Waals surface area contributed by atoms with Gasteiger partial charge in [-0.25, -0.2) is 19.5 Å². The van der Waals surface area contributed by atoms with Crippen molar-refractivity contribution >= 4 is 17.3 Å². The Hall–Kier alpha value is -2.74. The molecule has 1 unspecified atom stereocenters. The van der Waals surface area contributed by atoms with Gasteiger partial charge in [0.15, 0.2) is 11.5 Å². The molecule has 24 heavy (non-hydrogen) atoms. The van der Waals surface area contributed by atoms with E-state index >= 15 is 0 Å². The Kier molecular flexibility index (Phi) is 3.53. The van der Waals surface area contributed by atoms with Crippen molar-refractivity contribution in [2.75, 3.05) is 24.3 Å². The zero-order chi connectivity index (χ0) is 16.7. The van der Waals surface area contributed by atoms with E-state index in [1.54, 1.807) is 24.1 Å². The summed E-state index contributed by atoms with van der Waals surface area (Å²) in [5.41, 5.74) is 9.27. The molecule has 0 radical (unpaired) electrons. The zero-order valence-electron chi connectivity index (χ0n) is 13.7. The number of ether oxygens (including phenoxy) is 1. The summed E-state index contributed by atoms with van der Waals surface area (Å²) in [5.74, 6) is 1.23. The van der Waals surface area contributed by atoms with E-state index in [9.17, 15) is 0 Å². The van der Waals surface area contributed by atoms with Crippen molar-refractivity contribution in [1.29, 1.82) is 0 Å². The van der Waals surface area contributed by atoms with Crippen LogP contribution >= 0.6 is 0 Å². The molecule has 2 N–H and O–H groups in total. The molecule has 0 bridgehead atoms. The molecule has 0 amide bonds. The molecule has 0 spiro atoms. The molecule has 8 heteroatoms. The number of hydrogen-bond donors (Lipinski definition) is 1. The van der Waals surface area contributed by atoms with Gasteiger partial charge in [0.25, 0.3) is 0 Å². The summed E-state index contributed by atoms with van der Waals surface area (Å²) in [6.45, 7) is 2.88. The third kappa shape index (κ3) is 2.35. The van der Waals surface area contributed by atoms with E-state index < -0.39 is 0 Å². The standard InChI is InChI=1S/C16H19N7O/c1-10-7-18-16-14(15(17)21-23(16)8-10)11-6-12(20-9-19-11)22-5-3-4-13(22)24-2/h6-9,13H,3-5H2,1-2H3,(H2,17,21). The molecule has 1 aliphatic heterocycles. The minimum absolute atomic E-state index is 0.0507.